The fourth-order valence-electron chi connectivity index (χ4n) is 4.70. The lowest BCUT2D eigenvalue weighted by Crippen LogP contribution is -2.48. The Hall–Kier alpha value is -4.57. The van der Waals surface area contributed by atoms with E-state index in [1.807, 2.05) is 42.6 Å². The Labute approximate surface area is 263 Å². The molecule has 0 unspecified atom stereocenters. The van der Waals surface area contributed by atoms with Crippen LogP contribution in [0, 0.1) is 18.3 Å². The zero-order valence-electron chi connectivity index (χ0n) is 24.6. The van der Waals surface area contributed by atoms with Crippen LogP contribution < -0.4 is 10.6 Å². The summed E-state index contributed by atoms with van der Waals surface area (Å²) >= 11 is 1.46. The number of thiazole rings is 1. The van der Waals surface area contributed by atoms with Gasteiger partial charge in [0.15, 0.2) is 0 Å². The zero-order valence-corrected chi connectivity index (χ0v) is 25.5. The summed E-state index contributed by atoms with van der Waals surface area (Å²) in [6, 6.07) is 19.5. The van der Waals surface area contributed by atoms with Crippen molar-refractivity contribution in [1.29, 1.82) is 5.26 Å². The third-order valence-corrected chi connectivity index (χ3v) is 7.92. The monoisotopic (exact) mass is 635 g/mol. The van der Waals surface area contributed by atoms with Crippen LogP contribution in [0.5, 0.6) is 0 Å². The first-order valence-electron chi connectivity index (χ1n) is 14.0. The molecule has 0 aliphatic carbocycles. The Bertz CT molecular complexity index is 1670. The molecule has 0 radical (unpaired) electrons. The Balaban J connectivity index is 1.45. The van der Waals surface area contributed by atoms with Crippen LogP contribution in [0.1, 0.15) is 53.7 Å². The number of rotatable bonds is 12. The molecular weight excluding hydrogens is 603 g/mol. The molecule has 8 nitrogen and oxygen atoms in total. The van der Waals surface area contributed by atoms with Crippen molar-refractivity contribution in [2.24, 2.45) is 0 Å². The summed E-state index contributed by atoms with van der Waals surface area (Å²) in [5.41, 5.74) is 1.44. The van der Waals surface area contributed by atoms with E-state index >= 15 is 0 Å². The van der Waals surface area contributed by atoms with Gasteiger partial charge in [-0.2, -0.15) is 18.4 Å². The van der Waals surface area contributed by atoms with Crippen LogP contribution in [0.2, 0.25) is 0 Å². The second-order valence-corrected chi connectivity index (χ2v) is 11.6. The Morgan fingerprint density at radius 3 is 2.44 bits per heavy atom. The molecule has 0 bridgehead atoms. The third-order valence-electron chi connectivity index (χ3n) is 6.97. The molecule has 12 heteroatoms. The molecular formula is C33H32F3N5O3S. The molecule has 0 spiro atoms. The number of alkyl halides is 3. The van der Waals surface area contributed by atoms with Gasteiger partial charge >= 0.3 is 6.18 Å². The van der Waals surface area contributed by atoms with Crippen molar-refractivity contribution in [2.75, 3.05) is 13.6 Å². The van der Waals surface area contributed by atoms with Gasteiger partial charge in [0.25, 0.3) is 11.8 Å². The highest BCUT2D eigenvalue weighted by Crippen LogP contribution is 2.30. The minimum Gasteiger partial charge on any atom is -0.390 e. The SMILES string of the molecule is Cc1csc(CN(C)C(=O)c2cccc(C(=O)N[C@@H](Cc3ccccc3)[C@H](O)CNCc3cc(C#N)cc(C(F)(F)F)c3)c2)n1. The number of hydrogen-bond acceptors (Lipinski definition) is 7. The van der Waals surface area contributed by atoms with Crippen molar-refractivity contribution in [2.45, 2.75) is 44.8 Å². The smallest absolute Gasteiger partial charge is 0.390 e. The second-order valence-electron chi connectivity index (χ2n) is 10.6. The van der Waals surface area contributed by atoms with E-state index in [2.05, 4.69) is 15.6 Å². The number of hydrogen-bond donors (Lipinski definition) is 3. The van der Waals surface area contributed by atoms with Crippen molar-refractivity contribution >= 4 is 23.2 Å². The van der Waals surface area contributed by atoms with E-state index in [1.54, 1.807) is 31.3 Å². The van der Waals surface area contributed by atoms with Gasteiger partial charge in [0.1, 0.15) is 5.01 Å². The number of aromatic nitrogens is 1. The lowest BCUT2D eigenvalue weighted by molar-refractivity contribution is -0.137. The average Bonchev–Trinajstić information content (AvgIpc) is 3.44. The summed E-state index contributed by atoms with van der Waals surface area (Å²) in [7, 11) is 1.66. The number of benzene rings is 3. The first kappa shape index (κ1) is 33.3. The molecule has 4 aromatic rings. The summed E-state index contributed by atoms with van der Waals surface area (Å²) in [6.07, 6.45) is -5.47. The van der Waals surface area contributed by atoms with Gasteiger partial charge in [-0.3, -0.25) is 9.59 Å². The van der Waals surface area contributed by atoms with Crippen LogP contribution in [0.3, 0.4) is 0 Å². The topological polar surface area (TPSA) is 118 Å². The van der Waals surface area contributed by atoms with E-state index in [9.17, 15) is 27.9 Å². The molecule has 2 amide bonds. The molecule has 2 atom stereocenters. The average molecular weight is 636 g/mol. The molecule has 45 heavy (non-hydrogen) atoms. The number of carbonyl (C=O) groups excluding carboxylic acids is 2. The molecule has 3 aromatic carbocycles. The number of aryl methyl sites for hydroxylation is 1. The normalized spacial score (nSPS) is 12.6. The number of amides is 2. The fraction of sp³-hybridized carbons (Fsp3) is 0.273. The summed E-state index contributed by atoms with van der Waals surface area (Å²) in [5.74, 6) is -0.781. The number of carbonyl (C=O) groups is 2. The molecule has 0 aliphatic rings. The van der Waals surface area contributed by atoms with Crippen LogP contribution in [-0.2, 0) is 25.7 Å². The Kier molecular flexibility index (Phi) is 11.1. The molecule has 0 fully saturated rings. The van der Waals surface area contributed by atoms with E-state index in [4.69, 9.17) is 5.26 Å². The maximum absolute atomic E-state index is 13.4. The number of aliphatic hydroxyl groups is 1. The highest BCUT2D eigenvalue weighted by Gasteiger charge is 2.31. The molecule has 3 N–H and O–H groups in total. The predicted molar refractivity (Wildman–Crippen MR) is 164 cm³/mol. The summed E-state index contributed by atoms with van der Waals surface area (Å²) in [5, 5.41) is 28.8. The molecule has 0 saturated heterocycles. The number of nitriles is 1. The minimum atomic E-state index is -4.61. The minimum absolute atomic E-state index is 0.0418. The summed E-state index contributed by atoms with van der Waals surface area (Å²) in [6.45, 7) is 2.10. The standard InChI is InChI=1S/C33H32F3N5O3S/c1-21-20-45-30(39-21)19-41(2)32(44)26-10-6-9-25(15-26)31(43)40-28(14-22-7-4-3-5-8-22)29(42)18-38-17-24-11-23(16-37)12-27(13-24)33(34,35)36/h3-13,15,20,28-29,38,42H,14,17-19H2,1-2H3,(H,40,43)/t28-,29+/m0/s1. The van der Waals surface area contributed by atoms with Gasteiger partial charge in [0, 0.05) is 42.3 Å². The molecule has 0 aliphatic heterocycles. The Morgan fingerprint density at radius 2 is 1.78 bits per heavy atom. The third kappa shape index (κ3) is 9.46. The predicted octanol–water partition coefficient (Wildman–Crippen LogP) is 5.11. The maximum Gasteiger partial charge on any atom is 0.416 e. The molecule has 234 valence electrons. The van der Waals surface area contributed by atoms with Crippen molar-refractivity contribution in [3.63, 3.8) is 0 Å². The number of nitrogens with zero attached hydrogens (tertiary/aromatic N) is 3. The number of nitrogens with one attached hydrogen (secondary N) is 2. The lowest BCUT2D eigenvalue weighted by atomic mass is 10.00. The molecule has 0 saturated carbocycles. The van der Waals surface area contributed by atoms with Gasteiger partial charge in [-0.05, 0) is 60.9 Å². The zero-order chi connectivity index (χ0) is 32.6. The van der Waals surface area contributed by atoms with Gasteiger partial charge < -0.3 is 20.6 Å². The highest BCUT2D eigenvalue weighted by molar-refractivity contribution is 7.09. The highest BCUT2D eigenvalue weighted by atomic mass is 32.1. The van der Waals surface area contributed by atoms with Gasteiger partial charge in [-0.15, -0.1) is 11.3 Å². The van der Waals surface area contributed by atoms with Crippen LogP contribution >= 0.6 is 11.3 Å². The van der Waals surface area contributed by atoms with E-state index in [-0.39, 0.29) is 42.1 Å². The van der Waals surface area contributed by atoms with E-state index < -0.39 is 29.8 Å². The van der Waals surface area contributed by atoms with E-state index in [0.717, 1.165) is 28.4 Å². The van der Waals surface area contributed by atoms with Crippen LogP contribution in [0.25, 0.3) is 0 Å². The molecule has 4 rings (SSSR count). The second kappa shape index (κ2) is 14.9. The van der Waals surface area contributed by atoms with Crippen molar-refractivity contribution in [1.82, 2.24) is 20.5 Å². The van der Waals surface area contributed by atoms with E-state index in [1.165, 1.54) is 28.4 Å². The number of aliphatic hydroxyl groups excluding tert-OH is 1. The van der Waals surface area contributed by atoms with Crippen molar-refractivity contribution in [3.05, 3.63) is 122 Å². The first-order chi connectivity index (χ1) is 21.4. The van der Waals surface area contributed by atoms with Crippen molar-refractivity contribution < 1.29 is 27.9 Å². The van der Waals surface area contributed by atoms with E-state index in [0.29, 0.717) is 12.1 Å². The van der Waals surface area contributed by atoms with Crippen LogP contribution in [0.4, 0.5) is 13.2 Å². The van der Waals surface area contributed by atoms with Gasteiger partial charge in [0.05, 0.1) is 35.9 Å². The van der Waals surface area contributed by atoms with Crippen LogP contribution in [0.15, 0.2) is 78.2 Å². The van der Waals surface area contributed by atoms with Gasteiger partial charge in [0.2, 0.25) is 0 Å². The fourth-order valence-corrected chi connectivity index (χ4v) is 5.52. The summed E-state index contributed by atoms with van der Waals surface area (Å²) in [4.78, 5) is 32.4. The van der Waals surface area contributed by atoms with Gasteiger partial charge in [-0.1, -0.05) is 36.4 Å². The van der Waals surface area contributed by atoms with Crippen molar-refractivity contribution in [3.8, 4) is 6.07 Å². The lowest BCUT2D eigenvalue weighted by Gasteiger charge is -2.25. The van der Waals surface area contributed by atoms with Crippen LogP contribution in [-0.4, -0.2) is 52.5 Å². The first-order valence-corrected chi connectivity index (χ1v) is 14.9. The summed E-state index contributed by atoms with van der Waals surface area (Å²) < 4.78 is 39.8. The largest absolute Gasteiger partial charge is 0.416 e. The number of halogens is 3. The Morgan fingerprint density at radius 1 is 1.04 bits per heavy atom. The molecule has 1 heterocycles. The van der Waals surface area contributed by atoms with Gasteiger partial charge in [-0.25, -0.2) is 4.98 Å². The maximum atomic E-state index is 13.4. The molecule has 1 aromatic heterocycles. The quantitative estimate of drug-likeness (QED) is 0.199.